The molecule has 0 aliphatic carbocycles. The average molecular weight is 414 g/mol. The lowest BCUT2D eigenvalue weighted by atomic mass is 10.1. The third kappa shape index (κ3) is 3.37. The van der Waals surface area contributed by atoms with Gasteiger partial charge in [0.05, 0.1) is 24.7 Å². The first kappa shape index (κ1) is 17.2. The van der Waals surface area contributed by atoms with Gasteiger partial charge in [0, 0.05) is 23.3 Å². The van der Waals surface area contributed by atoms with Crippen LogP contribution in [0.4, 0.5) is 5.82 Å². The average Bonchev–Trinajstić information content (AvgIpc) is 3.00. The quantitative estimate of drug-likeness (QED) is 0.656. The summed E-state index contributed by atoms with van der Waals surface area (Å²) in [5, 5.41) is 4.51. The van der Waals surface area contributed by atoms with Crippen molar-refractivity contribution in [2.45, 2.75) is 20.0 Å². The Hall–Kier alpha value is -2.25. The van der Waals surface area contributed by atoms with Crippen LogP contribution in [0, 0.1) is 13.8 Å². The second-order valence-electron chi connectivity index (χ2n) is 6.40. The minimum Gasteiger partial charge on any atom is -0.370 e. The lowest BCUT2D eigenvalue weighted by Gasteiger charge is -2.34. The standard InChI is InChI=1S/C19H20BrN5O/c1-13-9-14(2)25(23-13)19-11-21-10-18(22-19)24-7-8-26-17(12-24)15-5-3-4-6-16(15)20/h3-6,9-11,17H,7-8,12H2,1-2H3. The molecule has 1 aliphatic heterocycles. The second-order valence-corrected chi connectivity index (χ2v) is 7.26. The van der Waals surface area contributed by atoms with Crippen LogP contribution >= 0.6 is 15.9 Å². The smallest absolute Gasteiger partial charge is 0.174 e. The van der Waals surface area contributed by atoms with E-state index >= 15 is 0 Å². The molecule has 1 fully saturated rings. The van der Waals surface area contributed by atoms with E-state index < -0.39 is 0 Å². The molecule has 0 amide bonds. The van der Waals surface area contributed by atoms with Gasteiger partial charge in [-0.3, -0.25) is 4.98 Å². The van der Waals surface area contributed by atoms with Crippen LogP contribution in [0.15, 0.2) is 47.2 Å². The third-order valence-corrected chi connectivity index (χ3v) is 5.20. The minimum atomic E-state index is -0.00142. The number of hydrogen-bond acceptors (Lipinski definition) is 5. The molecule has 134 valence electrons. The Morgan fingerprint density at radius 1 is 1.15 bits per heavy atom. The molecule has 0 N–H and O–H groups in total. The van der Waals surface area contributed by atoms with Gasteiger partial charge in [-0.2, -0.15) is 5.10 Å². The molecule has 3 heterocycles. The molecule has 1 saturated heterocycles. The van der Waals surface area contributed by atoms with Crippen LogP contribution < -0.4 is 4.90 Å². The topological polar surface area (TPSA) is 56.1 Å². The summed E-state index contributed by atoms with van der Waals surface area (Å²) in [6, 6.07) is 10.2. The van der Waals surface area contributed by atoms with Crippen LogP contribution in [0.3, 0.4) is 0 Å². The van der Waals surface area contributed by atoms with Crippen molar-refractivity contribution in [3.05, 3.63) is 64.1 Å². The number of aromatic nitrogens is 4. The first-order chi connectivity index (χ1) is 12.6. The van der Waals surface area contributed by atoms with E-state index in [0.29, 0.717) is 6.61 Å². The number of aryl methyl sites for hydroxylation is 2. The lowest BCUT2D eigenvalue weighted by molar-refractivity contribution is 0.0390. The van der Waals surface area contributed by atoms with E-state index in [-0.39, 0.29) is 6.10 Å². The summed E-state index contributed by atoms with van der Waals surface area (Å²) in [7, 11) is 0. The first-order valence-electron chi connectivity index (χ1n) is 8.58. The molecule has 0 radical (unpaired) electrons. The van der Waals surface area contributed by atoms with Crippen molar-refractivity contribution in [2.75, 3.05) is 24.6 Å². The zero-order chi connectivity index (χ0) is 18.1. The van der Waals surface area contributed by atoms with Gasteiger partial charge in [0.1, 0.15) is 11.9 Å². The lowest BCUT2D eigenvalue weighted by Crippen LogP contribution is -2.39. The molecule has 4 rings (SSSR count). The highest BCUT2D eigenvalue weighted by molar-refractivity contribution is 9.10. The van der Waals surface area contributed by atoms with Gasteiger partial charge in [-0.15, -0.1) is 0 Å². The van der Waals surface area contributed by atoms with E-state index in [0.717, 1.165) is 46.1 Å². The van der Waals surface area contributed by atoms with Gasteiger partial charge in [0.15, 0.2) is 5.82 Å². The molecule has 6 nitrogen and oxygen atoms in total. The Labute approximate surface area is 161 Å². The number of ether oxygens (including phenoxy) is 1. The summed E-state index contributed by atoms with van der Waals surface area (Å²) in [5.41, 5.74) is 3.16. The zero-order valence-electron chi connectivity index (χ0n) is 14.8. The number of benzene rings is 1. The monoisotopic (exact) mass is 413 g/mol. The Morgan fingerprint density at radius 3 is 2.73 bits per heavy atom. The van der Waals surface area contributed by atoms with Gasteiger partial charge in [-0.25, -0.2) is 9.67 Å². The molecule has 0 saturated carbocycles. The highest BCUT2D eigenvalue weighted by Gasteiger charge is 2.25. The highest BCUT2D eigenvalue weighted by atomic mass is 79.9. The maximum absolute atomic E-state index is 6.00. The summed E-state index contributed by atoms with van der Waals surface area (Å²) in [4.78, 5) is 11.4. The van der Waals surface area contributed by atoms with E-state index in [9.17, 15) is 0 Å². The molecule has 1 aliphatic rings. The van der Waals surface area contributed by atoms with Gasteiger partial charge in [0.25, 0.3) is 0 Å². The number of nitrogens with zero attached hydrogens (tertiary/aromatic N) is 5. The maximum Gasteiger partial charge on any atom is 0.174 e. The molecule has 1 unspecified atom stereocenters. The van der Waals surface area contributed by atoms with Crippen molar-refractivity contribution in [2.24, 2.45) is 0 Å². The van der Waals surface area contributed by atoms with Crippen LogP contribution in [0.2, 0.25) is 0 Å². The molecule has 0 spiro atoms. The summed E-state index contributed by atoms with van der Waals surface area (Å²) in [5.74, 6) is 1.58. The van der Waals surface area contributed by atoms with Crippen molar-refractivity contribution < 1.29 is 4.74 Å². The maximum atomic E-state index is 6.00. The molecule has 3 aromatic rings. The van der Waals surface area contributed by atoms with Crippen LogP contribution in [0.25, 0.3) is 5.82 Å². The number of morpholine rings is 1. The number of anilines is 1. The molecule has 7 heteroatoms. The van der Waals surface area contributed by atoms with Gasteiger partial charge in [0.2, 0.25) is 0 Å². The van der Waals surface area contributed by atoms with E-state index in [2.05, 4.69) is 37.0 Å². The molecular weight excluding hydrogens is 394 g/mol. The predicted molar refractivity (Wildman–Crippen MR) is 104 cm³/mol. The highest BCUT2D eigenvalue weighted by Crippen LogP contribution is 2.30. The number of hydrogen-bond donors (Lipinski definition) is 0. The predicted octanol–water partition coefficient (Wildman–Crippen LogP) is 3.62. The van der Waals surface area contributed by atoms with E-state index in [1.807, 2.05) is 42.8 Å². The fourth-order valence-electron chi connectivity index (χ4n) is 3.24. The molecule has 2 aromatic heterocycles. The summed E-state index contributed by atoms with van der Waals surface area (Å²) in [6.07, 6.45) is 3.55. The van der Waals surface area contributed by atoms with Crippen LogP contribution in [0.1, 0.15) is 23.1 Å². The SMILES string of the molecule is Cc1cc(C)n(-c2cncc(N3CCOC(c4ccccc4Br)C3)n2)n1. The minimum absolute atomic E-state index is 0.00142. The summed E-state index contributed by atoms with van der Waals surface area (Å²) in [6.45, 7) is 6.17. The molecule has 1 atom stereocenters. The third-order valence-electron chi connectivity index (χ3n) is 4.48. The Morgan fingerprint density at radius 2 is 1.96 bits per heavy atom. The Balaban J connectivity index is 1.60. The molecular formula is C19H20BrN5O. The van der Waals surface area contributed by atoms with Crippen molar-refractivity contribution >= 4 is 21.7 Å². The summed E-state index contributed by atoms with van der Waals surface area (Å²) >= 11 is 3.62. The molecule has 0 bridgehead atoms. The zero-order valence-corrected chi connectivity index (χ0v) is 16.3. The number of rotatable bonds is 3. The Bertz CT molecular complexity index is 926. The fourth-order valence-corrected chi connectivity index (χ4v) is 3.78. The van der Waals surface area contributed by atoms with Gasteiger partial charge in [-0.05, 0) is 31.5 Å². The largest absolute Gasteiger partial charge is 0.370 e. The van der Waals surface area contributed by atoms with Crippen molar-refractivity contribution in [3.8, 4) is 5.82 Å². The molecule has 26 heavy (non-hydrogen) atoms. The second kappa shape index (κ2) is 7.17. The van der Waals surface area contributed by atoms with Crippen LogP contribution in [0.5, 0.6) is 0 Å². The normalized spacial score (nSPS) is 17.5. The number of halogens is 1. The van der Waals surface area contributed by atoms with Crippen LogP contribution in [-0.2, 0) is 4.74 Å². The van der Waals surface area contributed by atoms with E-state index in [1.165, 1.54) is 0 Å². The van der Waals surface area contributed by atoms with Gasteiger partial charge >= 0.3 is 0 Å². The fraction of sp³-hybridized carbons (Fsp3) is 0.316. The van der Waals surface area contributed by atoms with Gasteiger partial charge < -0.3 is 9.64 Å². The molecule has 1 aromatic carbocycles. The van der Waals surface area contributed by atoms with E-state index in [1.54, 1.807) is 12.4 Å². The van der Waals surface area contributed by atoms with Gasteiger partial charge in [-0.1, -0.05) is 34.1 Å². The van der Waals surface area contributed by atoms with Crippen molar-refractivity contribution in [1.82, 2.24) is 19.7 Å². The summed E-state index contributed by atoms with van der Waals surface area (Å²) < 4.78 is 8.89. The van der Waals surface area contributed by atoms with Crippen molar-refractivity contribution in [3.63, 3.8) is 0 Å². The van der Waals surface area contributed by atoms with Crippen LogP contribution in [-0.4, -0.2) is 39.4 Å². The van der Waals surface area contributed by atoms with E-state index in [4.69, 9.17) is 9.72 Å². The first-order valence-corrected chi connectivity index (χ1v) is 9.38. The Kier molecular flexibility index (Phi) is 4.74. The van der Waals surface area contributed by atoms with Crippen molar-refractivity contribution in [1.29, 1.82) is 0 Å².